The second kappa shape index (κ2) is 11.4. The molecule has 0 saturated carbocycles. The number of ether oxygens (including phenoxy) is 1. The van der Waals surface area contributed by atoms with E-state index in [-0.39, 0.29) is 23.2 Å². The summed E-state index contributed by atoms with van der Waals surface area (Å²) in [6, 6.07) is 10.9. The molecule has 3 aromatic rings. The highest BCUT2D eigenvalue weighted by Crippen LogP contribution is 2.31. The van der Waals surface area contributed by atoms with Crippen molar-refractivity contribution in [3.63, 3.8) is 0 Å². The number of nitrogens with zero attached hydrogens (tertiary/aromatic N) is 2. The number of halogens is 3. The van der Waals surface area contributed by atoms with Crippen LogP contribution < -0.4 is 15.4 Å². The van der Waals surface area contributed by atoms with E-state index in [4.69, 9.17) is 4.74 Å². The number of hydrogen-bond donors (Lipinski definition) is 3. The van der Waals surface area contributed by atoms with Gasteiger partial charge in [0.2, 0.25) is 0 Å². The highest BCUT2D eigenvalue weighted by molar-refractivity contribution is 7.90. The number of methoxy groups -OCH3 is 1. The van der Waals surface area contributed by atoms with Crippen LogP contribution in [-0.4, -0.2) is 81.4 Å². The van der Waals surface area contributed by atoms with Gasteiger partial charge in [0.05, 0.1) is 47.6 Å². The summed E-state index contributed by atoms with van der Waals surface area (Å²) in [6.07, 6.45) is -3.27. The number of hydrogen-bond acceptors (Lipinski definition) is 7. The van der Waals surface area contributed by atoms with Gasteiger partial charge in [-0.2, -0.15) is 13.2 Å². The van der Waals surface area contributed by atoms with Crippen molar-refractivity contribution in [2.24, 2.45) is 0 Å². The summed E-state index contributed by atoms with van der Waals surface area (Å²) in [6.45, 7) is 0.184. The number of likely N-dealkylation sites (tertiary alicyclic amines) is 1. The first kappa shape index (κ1) is 28.6. The van der Waals surface area contributed by atoms with Crippen LogP contribution >= 0.6 is 0 Å². The number of likely N-dealkylation sites (N-methyl/N-ethyl adjacent to an activating group) is 1. The molecular weight excluding hydrogens is 533 g/mol. The molecule has 4 rings (SSSR count). The van der Waals surface area contributed by atoms with Gasteiger partial charge in [0.25, 0.3) is 0 Å². The van der Waals surface area contributed by atoms with E-state index in [1.165, 1.54) is 19.2 Å². The average Bonchev–Trinajstić information content (AvgIpc) is 3.19. The van der Waals surface area contributed by atoms with Crippen LogP contribution in [0, 0.1) is 11.8 Å². The van der Waals surface area contributed by atoms with Crippen LogP contribution in [0.15, 0.2) is 47.4 Å². The molecule has 0 aliphatic carbocycles. The minimum atomic E-state index is -4.46. The molecule has 1 aliphatic rings. The van der Waals surface area contributed by atoms with E-state index in [1.54, 1.807) is 30.3 Å². The van der Waals surface area contributed by atoms with E-state index in [0.29, 0.717) is 41.0 Å². The van der Waals surface area contributed by atoms with Crippen molar-refractivity contribution in [2.45, 2.75) is 36.2 Å². The summed E-state index contributed by atoms with van der Waals surface area (Å²) in [4.78, 5) is 2.13. The molecule has 2 unspecified atom stereocenters. The minimum Gasteiger partial charge on any atom is -0.495 e. The fourth-order valence-corrected chi connectivity index (χ4v) is 5.28. The molecule has 2 aromatic carbocycles. The summed E-state index contributed by atoms with van der Waals surface area (Å²) in [5.74, 6) is 6.00. The van der Waals surface area contributed by atoms with Gasteiger partial charge in [-0.1, -0.05) is 12.0 Å². The van der Waals surface area contributed by atoms with Crippen LogP contribution in [0.2, 0.25) is 0 Å². The van der Waals surface area contributed by atoms with E-state index >= 15 is 0 Å². The van der Waals surface area contributed by atoms with Crippen molar-refractivity contribution in [1.82, 2.24) is 9.47 Å². The Balaban J connectivity index is 1.61. The molecule has 0 bridgehead atoms. The molecule has 1 aliphatic heterocycles. The highest BCUT2D eigenvalue weighted by Gasteiger charge is 2.30. The number of piperidine rings is 1. The third-order valence-corrected chi connectivity index (χ3v) is 7.70. The molecule has 0 spiro atoms. The molecule has 2 heterocycles. The Hall–Kier alpha value is -3.40. The van der Waals surface area contributed by atoms with Gasteiger partial charge in [-0.15, -0.1) is 0 Å². The minimum absolute atomic E-state index is 0.0784. The van der Waals surface area contributed by atoms with Crippen molar-refractivity contribution in [3.05, 3.63) is 48.2 Å². The summed E-state index contributed by atoms with van der Waals surface area (Å²) < 4.78 is 70.5. The molecule has 0 amide bonds. The van der Waals surface area contributed by atoms with Crippen molar-refractivity contribution in [1.29, 1.82) is 0 Å². The number of benzene rings is 2. The number of aliphatic hydroxyl groups is 1. The van der Waals surface area contributed by atoms with Crippen molar-refractivity contribution in [2.75, 3.05) is 50.7 Å². The number of sulfone groups is 1. The van der Waals surface area contributed by atoms with Crippen LogP contribution in [0.3, 0.4) is 0 Å². The Morgan fingerprint density at radius 2 is 1.95 bits per heavy atom. The largest absolute Gasteiger partial charge is 0.495 e. The molecule has 3 N–H and O–H groups in total. The van der Waals surface area contributed by atoms with E-state index < -0.39 is 28.7 Å². The molecule has 210 valence electrons. The molecular formula is C27H31F3N4O4S. The summed E-state index contributed by atoms with van der Waals surface area (Å²) >= 11 is 0. The zero-order valence-corrected chi connectivity index (χ0v) is 22.7. The van der Waals surface area contributed by atoms with Gasteiger partial charge in [-0.3, -0.25) is 0 Å². The first-order valence-corrected chi connectivity index (χ1v) is 14.2. The Labute approximate surface area is 225 Å². The third-order valence-electron chi connectivity index (χ3n) is 6.59. The summed E-state index contributed by atoms with van der Waals surface area (Å²) in [7, 11) is -0.0809. The predicted octanol–water partition coefficient (Wildman–Crippen LogP) is 3.56. The maximum Gasteiger partial charge on any atom is 0.406 e. The Bertz CT molecular complexity index is 1510. The van der Waals surface area contributed by atoms with Crippen molar-refractivity contribution >= 4 is 32.1 Å². The number of anilines is 2. The van der Waals surface area contributed by atoms with Gasteiger partial charge in [0, 0.05) is 29.9 Å². The van der Waals surface area contributed by atoms with Gasteiger partial charge in [-0.05, 0) is 56.3 Å². The second-order valence-corrected chi connectivity index (χ2v) is 11.6. The first-order valence-electron chi connectivity index (χ1n) is 12.3. The van der Waals surface area contributed by atoms with Crippen LogP contribution in [-0.2, 0) is 16.4 Å². The van der Waals surface area contributed by atoms with E-state index in [2.05, 4.69) is 22.5 Å². The topological polar surface area (TPSA) is 95.8 Å². The molecule has 1 saturated heterocycles. The van der Waals surface area contributed by atoms with Gasteiger partial charge in [0.1, 0.15) is 12.3 Å². The lowest BCUT2D eigenvalue weighted by Gasteiger charge is -2.34. The summed E-state index contributed by atoms with van der Waals surface area (Å²) in [5, 5.41) is 17.4. The molecule has 39 heavy (non-hydrogen) atoms. The van der Waals surface area contributed by atoms with E-state index in [0.717, 1.165) is 17.4 Å². The van der Waals surface area contributed by atoms with Gasteiger partial charge >= 0.3 is 6.18 Å². The SMILES string of the molecule is COc1cc(S(C)(=O)=O)ccc1NCC#Cc1cc2c(NC3CCN(C)CC3O)cccc2n1CC(F)(F)F. The quantitative estimate of drug-likeness (QED) is 0.378. The number of aromatic nitrogens is 1. The fourth-order valence-electron chi connectivity index (χ4n) is 4.64. The molecule has 0 radical (unpaired) electrons. The molecule has 2 atom stereocenters. The molecule has 1 aromatic heterocycles. The number of rotatable bonds is 7. The second-order valence-electron chi connectivity index (χ2n) is 9.63. The zero-order valence-electron chi connectivity index (χ0n) is 21.8. The molecule has 12 heteroatoms. The van der Waals surface area contributed by atoms with Gasteiger partial charge in [0.15, 0.2) is 9.84 Å². The number of aliphatic hydroxyl groups excluding tert-OH is 1. The lowest BCUT2D eigenvalue weighted by Crippen LogP contribution is -2.48. The van der Waals surface area contributed by atoms with Crippen molar-refractivity contribution in [3.8, 4) is 17.6 Å². The lowest BCUT2D eigenvalue weighted by atomic mass is 10.0. The average molecular weight is 565 g/mol. The van der Waals surface area contributed by atoms with E-state index in [9.17, 15) is 26.7 Å². The maximum atomic E-state index is 13.5. The Kier molecular flexibility index (Phi) is 8.34. The predicted molar refractivity (Wildman–Crippen MR) is 145 cm³/mol. The number of nitrogens with one attached hydrogen (secondary N) is 2. The van der Waals surface area contributed by atoms with E-state index in [1.807, 2.05) is 11.9 Å². The summed E-state index contributed by atoms with van der Waals surface area (Å²) in [5.41, 5.74) is 1.72. The zero-order chi connectivity index (χ0) is 28.4. The Morgan fingerprint density at radius 3 is 2.62 bits per heavy atom. The molecule has 1 fully saturated rings. The number of fused-ring (bicyclic) bond motifs is 1. The third kappa shape index (κ3) is 6.98. The fraction of sp³-hybridized carbons (Fsp3) is 0.407. The lowest BCUT2D eigenvalue weighted by molar-refractivity contribution is -0.140. The van der Waals surface area contributed by atoms with Crippen LogP contribution in [0.4, 0.5) is 24.5 Å². The number of alkyl halides is 3. The highest BCUT2D eigenvalue weighted by atomic mass is 32.2. The smallest absolute Gasteiger partial charge is 0.406 e. The maximum absolute atomic E-state index is 13.5. The monoisotopic (exact) mass is 564 g/mol. The number of β-amino-alcohol motifs (C(OH)–C–C–N with tert-alkyl or cyclic N) is 1. The van der Waals surface area contributed by atoms with Gasteiger partial charge in [-0.25, -0.2) is 8.42 Å². The van der Waals surface area contributed by atoms with Crippen LogP contribution in [0.5, 0.6) is 5.75 Å². The normalized spacial score (nSPS) is 18.4. The Morgan fingerprint density at radius 1 is 1.18 bits per heavy atom. The van der Waals surface area contributed by atoms with Crippen molar-refractivity contribution < 1.29 is 31.4 Å². The standard InChI is InChI=1S/C27H31F3N4O4S/c1-33-13-11-22(25(35)16-33)32-21-7-4-8-24-20(21)14-18(34(24)17-27(28,29)30)6-5-12-31-23-10-9-19(39(3,36)37)15-26(23)38-2/h4,7-10,14-15,22,25,31-32,35H,11-13,16-17H2,1-3H3. The van der Waals surface area contributed by atoms with Gasteiger partial charge < -0.3 is 29.9 Å². The van der Waals surface area contributed by atoms with Crippen LogP contribution in [0.25, 0.3) is 10.9 Å². The first-order chi connectivity index (χ1) is 18.4. The van der Waals surface area contributed by atoms with Crippen LogP contribution in [0.1, 0.15) is 12.1 Å². The molecule has 8 nitrogen and oxygen atoms in total.